The molecule has 0 aromatic carbocycles. The van der Waals surface area contributed by atoms with Gasteiger partial charge in [-0.05, 0) is 51.9 Å². The van der Waals surface area contributed by atoms with E-state index in [4.69, 9.17) is 9.47 Å². The molecule has 3 heterocycles. The Balaban J connectivity index is 1.62. The van der Waals surface area contributed by atoms with Crippen molar-refractivity contribution in [3.05, 3.63) is 24.0 Å². The zero-order chi connectivity index (χ0) is 21.1. The largest absolute Gasteiger partial charge is 0.506 e. The van der Waals surface area contributed by atoms with E-state index in [1.165, 1.54) is 6.20 Å². The fourth-order valence-corrected chi connectivity index (χ4v) is 4.49. The van der Waals surface area contributed by atoms with Crippen LogP contribution in [0.25, 0.3) is 11.0 Å². The number of amides is 1. The molecule has 7 heteroatoms. The van der Waals surface area contributed by atoms with E-state index in [-0.39, 0.29) is 29.8 Å². The lowest BCUT2D eigenvalue weighted by Gasteiger charge is -2.33. The highest BCUT2D eigenvalue weighted by molar-refractivity contribution is 5.85. The summed E-state index contributed by atoms with van der Waals surface area (Å²) in [7, 11) is 1.71. The van der Waals surface area contributed by atoms with Crippen molar-refractivity contribution in [2.45, 2.75) is 76.6 Å². The Morgan fingerprint density at radius 1 is 1.37 bits per heavy atom. The number of unbranched alkanes of at least 4 members (excludes halogenated alkanes) is 1. The number of fused-ring (bicyclic) bond motifs is 1. The molecule has 1 saturated carbocycles. The minimum absolute atomic E-state index is 0.0877. The minimum atomic E-state index is -0.318. The molecule has 2 aromatic heterocycles. The molecule has 1 amide bonds. The molecule has 1 aliphatic carbocycles. The smallest absolute Gasteiger partial charge is 0.252 e. The second-order valence-corrected chi connectivity index (χ2v) is 8.55. The molecule has 164 valence electrons. The Morgan fingerprint density at radius 3 is 2.90 bits per heavy atom. The first-order valence-electron chi connectivity index (χ1n) is 11.2. The zero-order valence-electron chi connectivity index (χ0n) is 18.0. The molecular weight excluding hydrogens is 382 g/mol. The maximum atomic E-state index is 13.4. The van der Waals surface area contributed by atoms with Gasteiger partial charge in [0, 0.05) is 50.7 Å². The van der Waals surface area contributed by atoms with Crippen LogP contribution in [0.5, 0.6) is 5.75 Å². The lowest BCUT2D eigenvalue weighted by molar-refractivity contribution is -0.149. The highest BCUT2D eigenvalue weighted by Crippen LogP contribution is 2.38. The number of nitrogens with zero attached hydrogens (tertiary/aromatic N) is 3. The van der Waals surface area contributed by atoms with Crippen LogP contribution in [-0.2, 0) is 20.8 Å². The Kier molecular flexibility index (Phi) is 6.58. The Labute approximate surface area is 178 Å². The number of hydrogen-bond acceptors (Lipinski definition) is 5. The van der Waals surface area contributed by atoms with Gasteiger partial charge in [0.2, 0.25) is 0 Å². The summed E-state index contributed by atoms with van der Waals surface area (Å²) in [6.07, 6.45) is 10.2. The maximum absolute atomic E-state index is 13.4. The number of aromatic hydroxyl groups is 1. The van der Waals surface area contributed by atoms with Crippen LogP contribution in [0.3, 0.4) is 0 Å². The Hall–Kier alpha value is -2.12. The van der Waals surface area contributed by atoms with Crippen molar-refractivity contribution in [3.63, 3.8) is 0 Å². The molecule has 4 rings (SSSR count). The van der Waals surface area contributed by atoms with Crippen LogP contribution in [0.1, 0.15) is 63.5 Å². The highest BCUT2D eigenvalue weighted by atomic mass is 16.5. The molecule has 0 unspecified atom stereocenters. The molecule has 0 radical (unpaired) electrons. The molecule has 30 heavy (non-hydrogen) atoms. The molecule has 0 spiro atoms. The van der Waals surface area contributed by atoms with Gasteiger partial charge in [-0.15, -0.1) is 0 Å². The molecule has 0 bridgehead atoms. The van der Waals surface area contributed by atoms with Crippen LogP contribution in [0.2, 0.25) is 0 Å². The van der Waals surface area contributed by atoms with E-state index in [0.717, 1.165) is 74.7 Å². The average molecular weight is 416 g/mol. The van der Waals surface area contributed by atoms with E-state index in [9.17, 15) is 9.90 Å². The van der Waals surface area contributed by atoms with Crippen LogP contribution in [-0.4, -0.2) is 57.9 Å². The van der Waals surface area contributed by atoms with Gasteiger partial charge in [0.15, 0.2) is 0 Å². The third kappa shape index (κ3) is 4.47. The molecule has 1 saturated heterocycles. The van der Waals surface area contributed by atoms with Gasteiger partial charge in [-0.25, -0.2) is 0 Å². The molecular formula is C23H33N3O4. The van der Waals surface area contributed by atoms with Crippen LogP contribution >= 0.6 is 0 Å². The normalized spacial score (nSPS) is 20.4. The molecule has 2 aliphatic rings. The maximum Gasteiger partial charge on any atom is 0.252 e. The van der Waals surface area contributed by atoms with Gasteiger partial charge in [0.25, 0.3) is 5.91 Å². The van der Waals surface area contributed by atoms with E-state index < -0.39 is 0 Å². The second-order valence-electron chi connectivity index (χ2n) is 8.55. The van der Waals surface area contributed by atoms with Crippen LogP contribution < -0.4 is 0 Å². The summed E-state index contributed by atoms with van der Waals surface area (Å²) in [4.78, 5) is 19.9. The highest BCUT2D eigenvalue weighted by Gasteiger charge is 2.40. The topological polar surface area (TPSA) is 76.8 Å². The fraction of sp³-hybridized carbons (Fsp3) is 0.652. The summed E-state index contributed by atoms with van der Waals surface area (Å²) in [5.41, 5.74) is 2.80. The van der Waals surface area contributed by atoms with Gasteiger partial charge in [-0.3, -0.25) is 9.78 Å². The number of ether oxygens (including phenoxy) is 2. The number of aryl methyl sites for hydroxylation is 1. The first kappa shape index (κ1) is 21.1. The molecule has 1 N–H and O–H groups in total. The summed E-state index contributed by atoms with van der Waals surface area (Å²) >= 11 is 0. The standard InChI is InChI=1S/C23H33N3O4/c1-16(26(17-8-9-17)23(28)21-7-3-5-12-30-21)19-15-25(10-4-6-11-29-2)20-13-18(27)14-24-22(19)20/h13-17,21,27H,3-12H2,1-2H3/t16-,21-/m1/s1. The third-order valence-electron chi connectivity index (χ3n) is 6.25. The van der Waals surface area contributed by atoms with Crippen molar-refractivity contribution in [3.8, 4) is 5.75 Å². The van der Waals surface area contributed by atoms with Gasteiger partial charge < -0.3 is 24.0 Å². The van der Waals surface area contributed by atoms with Crippen molar-refractivity contribution < 1.29 is 19.4 Å². The van der Waals surface area contributed by atoms with Crippen LogP contribution in [0, 0.1) is 0 Å². The minimum Gasteiger partial charge on any atom is -0.506 e. The molecule has 2 aromatic rings. The van der Waals surface area contributed by atoms with E-state index in [1.807, 2.05) is 4.90 Å². The first-order valence-corrected chi connectivity index (χ1v) is 11.2. The van der Waals surface area contributed by atoms with Crippen molar-refractivity contribution in [2.75, 3.05) is 20.3 Å². The summed E-state index contributed by atoms with van der Waals surface area (Å²) in [6.45, 7) is 4.32. The quantitative estimate of drug-likeness (QED) is 0.631. The summed E-state index contributed by atoms with van der Waals surface area (Å²) in [5.74, 6) is 0.271. The van der Waals surface area contributed by atoms with Gasteiger partial charge in [0.05, 0.1) is 23.3 Å². The molecule has 2 fully saturated rings. The summed E-state index contributed by atoms with van der Waals surface area (Å²) in [5, 5.41) is 10.0. The second kappa shape index (κ2) is 9.35. The van der Waals surface area contributed by atoms with Crippen molar-refractivity contribution in [1.82, 2.24) is 14.5 Å². The molecule has 1 aliphatic heterocycles. The van der Waals surface area contributed by atoms with E-state index in [1.54, 1.807) is 13.2 Å². The molecule has 2 atom stereocenters. The van der Waals surface area contributed by atoms with E-state index in [0.29, 0.717) is 6.61 Å². The van der Waals surface area contributed by atoms with E-state index >= 15 is 0 Å². The zero-order valence-corrected chi connectivity index (χ0v) is 18.0. The van der Waals surface area contributed by atoms with Gasteiger partial charge in [-0.2, -0.15) is 0 Å². The predicted octanol–water partition coefficient (Wildman–Crippen LogP) is 3.79. The Morgan fingerprint density at radius 2 is 2.20 bits per heavy atom. The molecule has 7 nitrogen and oxygen atoms in total. The summed E-state index contributed by atoms with van der Waals surface area (Å²) < 4.78 is 13.1. The van der Waals surface area contributed by atoms with Crippen molar-refractivity contribution in [2.24, 2.45) is 0 Å². The van der Waals surface area contributed by atoms with Crippen LogP contribution in [0.4, 0.5) is 0 Å². The van der Waals surface area contributed by atoms with Crippen LogP contribution in [0.15, 0.2) is 18.5 Å². The number of pyridine rings is 1. The number of carbonyl (C=O) groups is 1. The Bertz CT molecular complexity index is 871. The van der Waals surface area contributed by atoms with E-state index in [2.05, 4.69) is 22.7 Å². The number of hydrogen-bond donors (Lipinski definition) is 1. The number of aromatic nitrogens is 2. The first-order chi connectivity index (χ1) is 14.6. The summed E-state index contributed by atoms with van der Waals surface area (Å²) in [6, 6.07) is 1.97. The van der Waals surface area contributed by atoms with Crippen molar-refractivity contribution in [1.29, 1.82) is 0 Å². The van der Waals surface area contributed by atoms with Gasteiger partial charge in [-0.1, -0.05) is 0 Å². The third-order valence-corrected chi connectivity index (χ3v) is 6.25. The predicted molar refractivity (Wildman–Crippen MR) is 114 cm³/mol. The average Bonchev–Trinajstić information content (AvgIpc) is 3.53. The van der Waals surface area contributed by atoms with Gasteiger partial charge >= 0.3 is 0 Å². The number of rotatable bonds is 9. The number of methoxy groups -OCH3 is 1. The van der Waals surface area contributed by atoms with Gasteiger partial charge in [0.1, 0.15) is 11.9 Å². The van der Waals surface area contributed by atoms with Crippen molar-refractivity contribution >= 4 is 16.9 Å². The monoisotopic (exact) mass is 415 g/mol. The lowest BCUT2D eigenvalue weighted by Crippen LogP contribution is -2.44. The number of carbonyl (C=O) groups excluding carboxylic acids is 1. The fourth-order valence-electron chi connectivity index (χ4n) is 4.49. The SMILES string of the molecule is COCCCCn1cc([C@@H](C)N(C(=O)[C@H]2CCCCO2)C2CC2)c2ncc(O)cc21. The lowest BCUT2D eigenvalue weighted by atomic mass is 10.0.